The Morgan fingerprint density at radius 1 is 1.33 bits per heavy atom. The first-order chi connectivity index (χ1) is 9.66. The summed E-state index contributed by atoms with van der Waals surface area (Å²) < 4.78 is 28.1. The Bertz CT molecular complexity index is 622. The highest BCUT2D eigenvalue weighted by molar-refractivity contribution is 7.89. The van der Waals surface area contributed by atoms with E-state index in [-0.39, 0.29) is 27.7 Å². The maximum atomic E-state index is 12.3. The molecule has 1 amide bonds. The zero-order chi connectivity index (χ0) is 16.3. The number of benzene rings is 1. The van der Waals surface area contributed by atoms with Gasteiger partial charge < -0.3 is 10.1 Å². The van der Waals surface area contributed by atoms with Gasteiger partial charge in [-0.25, -0.2) is 13.6 Å². The molecule has 1 aromatic carbocycles. The van der Waals surface area contributed by atoms with E-state index in [9.17, 15) is 13.2 Å². The van der Waals surface area contributed by atoms with E-state index >= 15 is 0 Å². The number of hydrogen-bond acceptors (Lipinski definition) is 4. The minimum Gasteiger partial charge on any atom is -0.495 e. The van der Waals surface area contributed by atoms with E-state index in [1.54, 1.807) is 0 Å². The second-order valence-corrected chi connectivity index (χ2v) is 6.66. The average Bonchev–Trinajstić information content (AvgIpc) is 2.45. The first kappa shape index (κ1) is 17.5. The van der Waals surface area contributed by atoms with Crippen molar-refractivity contribution in [1.82, 2.24) is 5.32 Å². The second kappa shape index (κ2) is 6.44. The highest BCUT2D eigenvalue weighted by atomic mass is 32.2. The molecule has 0 heterocycles. The van der Waals surface area contributed by atoms with Crippen molar-refractivity contribution in [2.45, 2.75) is 44.0 Å². The quantitative estimate of drug-likeness (QED) is 0.834. The van der Waals surface area contributed by atoms with Crippen molar-refractivity contribution < 1.29 is 17.9 Å². The van der Waals surface area contributed by atoms with E-state index in [2.05, 4.69) is 5.32 Å². The maximum absolute atomic E-state index is 12.3. The monoisotopic (exact) mass is 314 g/mol. The van der Waals surface area contributed by atoms with Gasteiger partial charge in [0.25, 0.3) is 5.91 Å². The van der Waals surface area contributed by atoms with Crippen molar-refractivity contribution in [3.63, 3.8) is 0 Å². The molecule has 0 radical (unpaired) electrons. The van der Waals surface area contributed by atoms with Crippen molar-refractivity contribution in [2.24, 2.45) is 5.14 Å². The molecule has 0 aromatic heterocycles. The molecule has 0 bridgehead atoms. The van der Waals surface area contributed by atoms with Crippen molar-refractivity contribution in [1.29, 1.82) is 0 Å². The van der Waals surface area contributed by atoms with Crippen molar-refractivity contribution >= 4 is 15.9 Å². The molecule has 0 aliphatic carbocycles. The summed E-state index contributed by atoms with van der Waals surface area (Å²) in [6.07, 6.45) is 1.54. The van der Waals surface area contributed by atoms with E-state index in [0.29, 0.717) is 0 Å². The van der Waals surface area contributed by atoms with Gasteiger partial charge in [-0.3, -0.25) is 4.79 Å². The third kappa shape index (κ3) is 4.18. The molecule has 1 aromatic rings. The number of carbonyl (C=O) groups is 1. The highest BCUT2D eigenvalue weighted by Gasteiger charge is 2.24. The second-order valence-electron chi connectivity index (χ2n) is 5.13. The van der Waals surface area contributed by atoms with Gasteiger partial charge >= 0.3 is 0 Å². The van der Waals surface area contributed by atoms with Crippen LogP contribution in [0.15, 0.2) is 23.1 Å². The van der Waals surface area contributed by atoms with Crippen molar-refractivity contribution in [2.75, 3.05) is 7.11 Å². The molecular formula is C14H22N2O4S. The maximum Gasteiger partial charge on any atom is 0.251 e. The first-order valence-corrected chi connectivity index (χ1v) is 8.25. The molecule has 0 spiro atoms. The van der Waals surface area contributed by atoms with E-state index in [1.807, 2.05) is 20.8 Å². The Kier molecular flexibility index (Phi) is 5.36. The van der Waals surface area contributed by atoms with Crippen LogP contribution in [-0.2, 0) is 10.0 Å². The summed E-state index contributed by atoms with van der Waals surface area (Å²) in [5.74, 6) is -0.225. The van der Waals surface area contributed by atoms with Crippen LogP contribution in [0.4, 0.5) is 0 Å². The number of ether oxygens (including phenoxy) is 1. The van der Waals surface area contributed by atoms with E-state index in [0.717, 1.165) is 12.8 Å². The predicted molar refractivity (Wildman–Crippen MR) is 80.8 cm³/mol. The number of hydrogen-bond donors (Lipinski definition) is 2. The lowest BCUT2D eigenvalue weighted by Crippen LogP contribution is -2.45. The lowest BCUT2D eigenvalue weighted by atomic mass is 9.95. The number of sulfonamides is 1. The molecule has 3 N–H and O–H groups in total. The minimum absolute atomic E-state index is 0.114. The number of primary sulfonamides is 1. The molecule has 0 atom stereocenters. The third-order valence-corrected chi connectivity index (χ3v) is 4.64. The van der Waals surface area contributed by atoms with Crippen LogP contribution in [-0.4, -0.2) is 27.0 Å². The third-order valence-electron chi connectivity index (χ3n) is 3.71. The van der Waals surface area contributed by atoms with Gasteiger partial charge in [0.1, 0.15) is 10.6 Å². The molecule has 118 valence electrons. The summed E-state index contributed by atoms with van der Waals surface area (Å²) in [5.41, 5.74) is -0.105. The fraction of sp³-hybridized carbons (Fsp3) is 0.500. The fourth-order valence-corrected chi connectivity index (χ4v) is 2.54. The van der Waals surface area contributed by atoms with Crippen molar-refractivity contribution in [3.8, 4) is 5.75 Å². The Morgan fingerprint density at radius 3 is 2.33 bits per heavy atom. The molecule has 7 heteroatoms. The molecule has 21 heavy (non-hydrogen) atoms. The Balaban J connectivity index is 3.19. The SMILES string of the molecule is CCC(C)(CC)NC(=O)c1ccc(OC)c(S(N)(=O)=O)c1. The number of rotatable bonds is 6. The van der Waals surface area contributed by atoms with Crippen LogP contribution in [0.1, 0.15) is 44.0 Å². The van der Waals surface area contributed by atoms with Gasteiger partial charge in [-0.05, 0) is 38.0 Å². The normalized spacial score (nSPS) is 12.0. The largest absolute Gasteiger partial charge is 0.495 e. The number of nitrogens with two attached hydrogens (primary N) is 1. The topological polar surface area (TPSA) is 98.5 Å². The number of nitrogens with one attached hydrogen (secondary N) is 1. The van der Waals surface area contributed by atoms with Gasteiger partial charge in [0.05, 0.1) is 7.11 Å². The Hall–Kier alpha value is -1.60. The summed E-state index contributed by atoms with van der Waals surface area (Å²) in [6.45, 7) is 5.90. The summed E-state index contributed by atoms with van der Waals surface area (Å²) in [5, 5.41) is 8.05. The zero-order valence-corrected chi connectivity index (χ0v) is 13.6. The van der Waals surface area contributed by atoms with Gasteiger partial charge in [-0.15, -0.1) is 0 Å². The van der Waals surface area contributed by atoms with Gasteiger partial charge in [-0.2, -0.15) is 0 Å². The van der Waals surface area contributed by atoms with E-state index in [1.165, 1.54) is 25.3 Å². The lowest BCUT2D eigenvalue weighted by molar-refractivity contribution is 0.0901. The van der Waals surface area contributed by atoms with Crippen molar-refractivity contribution in [3.05, 3.63) is 23.8 Å². The molecule has 0 unspecified atom stereocenters. The smallest absolute Gasteiger partial charge is 0.251 e. The molecule has 0 saturated carbocycles. The predicted octanol–water partition coefficient (Wildman–Crippen LogP) is 1.65. The van der Waals surface area contributed by atoms with Crippen LogP contribution in [0.25, 0.3) is 0 Å². The minimum atomic E-state index is -3.96. The molecule has 6 nitrogen and oxygen atoms in total. The average molecular weight is 314 g/mol. The first-order valence-electron chi connectivity index (χ1n) is 6.70. The van der Waals surface area contributed by atoms with Crippen LogP contribution in [0, 0.1) is 0 Å². The van der Waals surface area contributed by atoms with Crippen LogP contribution in [0.3, 0.4) is 0 Å². The van der Waals surface area contributed by atoms with E-state index in [4.69, 9.17) is 9.88 Å². The number of amides is 1. The van der Waals surface area contributed by atoms with E-state index < -0.39 is 10.0 Å². The lowest BCUT2D eigenvalue weighted by Gasteiger charge is -2.28. The van der Waals surface area contributed by atoms with Crippen LogP contribution >= 0.6 is 0 Å². The van der Waals surface area contributed by atoms with Gasteiger partial charge in [0.2, 0.25) is 10.0 Å². The van der Waals surface area contributed by atoms with Gasteiger partial charge in [-0.1, -0.05) is 13.8 Å². The molecule has 0 aliphatic heterocycles. The number of carbonyl (C=O) groups excluding carboxylic acids is 1. The molecule has 0 fully saturated rings. The molecule has 0 saturated heterocycles. The summed E-state index contributed by atoms with van der Waals surface area (Å²) in [7, 11) is -2.62. The molecule has 1 rings (SSSR count). The fourth-order valence-electron chi connectivity index (χ4n) is 1.81. The highest BCUT2D eigenvalue weighted by Crippen LogP contribution is 2.24. The van der Waals surface area contributed by atoms with Crippen LogP contribution < -0.4 is 15.2 Å². The van der Waals surface area contributed by atoms with Gasteiger partial charge in [0.15, 0.2) is 0 Å². The molecular weight excluding hydrogens is 292 g/mol. The summed E-state index contributed by atoms with van der Waals surface area (Å²) in [6, 6.07) is 4.16. The molecule has 0 aliphatic rings. The van der Waals surface area contributed by atoms with Crippen LogP contribution in [0.2, 0.25) is 0 Å². The Morgan fingerprint density at radius 2 is 1.90 bits per heavy atom. The van der Waals surface area contributed by atoms with Gasteiger partial charge in [0, 0.05) is 11.1 Å². The zero-order valence-electron chi connectivity index (χ0n) is 12.8. The number of methoxy groups -OCH3 is 1. The Labute approximate surface area is 125 Å². The standard InChI is InChI=1S/C14H22N2O4S/c1-5-14(3,6-2)16-13(17)10-7-8-11(20-4)12(9-10)21(15,18)19/h7-9H,5-6H2,1-4H3,(H,16,17)(H2,15,18,19). The summed E-state index contributed by atoms with van der Waals surface area (Å²) in [4.78, 5) is 12.1. The summed E-state index contributed by atoms with van der Waals surface area (Å²) >= 11 is 0. The van der Waals surface area contributed by atoms with Crippen LogP contribution in [0.5, 0.6) is 5.75 Å².